The van der Waals surface area contributed by atoms with Crippen molar-refractivity contribution in [2.75, 3.05) is 20.3 Å². The van der Waals surface area contributed by atoms with Gasteiger partial charge in [0.1, 0.15) is 5.75 Å². The minimum Gasteiger partial charge on any atom is -0.497 e. The molecule has 38 heavy (non-hydrogen) atoms. The number of hydrogen-bond donors (Lipinski definition) is 2. The molecule has 1 saturated heterocycles. The van der Waals surface area contributed by atoms with Gasteiger partial charge in [-0.05, 0) is 53.7 Å². The lowest BCUT2D eigenvalue weighted by Gasteiger charge is -2.50. The van der Waals surface area contributed by atoms with Gasteiger partial charge in [0.15, 0.2) is 6.29 Å². The highest BCUT2D eigenvalue weighted by molar-refractivity contribution is 5.77. The first-order valence-corrected chi connectivity index (χ1v) is 13.3. The lowest BCUT2D eigenvalue weighted by atomic mass is 9.71. The number of benzene rings is 1. The molecule has 1 aliphatic heterocycles. The van der Waals surface area contributed by atoms with Gasteiger partial charge in [-0.15, -0.1) is 0 Å². The molecule has 1 fully saturated rings. The summed E-state index contributed by atoms with van der Waals surface area (Å²) in [6, 6.07) is 7.24. The molecule has 0 amide bonds. The fourth-order valence-corrected chi connectivity index (χ4v) is 4.43. The number of methoxy groups -OCH3 is 1. The van der Waals surface area contributed by atoms with Crippen LogP contribution in [0.2, 0.25) is 0 Å². The molecule has 0 bridgehead atoms. The van der Waals surface area contributed by atoms with Crippen molar-refractivity contribution in [3.05, 3.63) is 29.8 Å². The van der Waals surface area contributed by atoms with Crippen molar-refractivity contribution < 1.29 is 43.5 Å². The number of aliphatic hydroxyl groups excluding tert-OH is 2. The van der Waals surface area contributed by atoms with E-state index < -0.39 is 58.9 Å². The van der Waals surface area contributed by atoms with E-state index in [1.807, 2.05) is 26.0 Å². The second-order valence-electron chi connectivity index (χ2n) is 11.6. The van der Waals surface area contributed by atoms with Crippen LogP contribution in [-0.2, 0) is 28.5 Å². The highest BCUT2D eigenvalue weighted by Gasteiger charge is 2.51. The summed E-state index contributed by atoms with van der Waals surface area (Å²) in [5, 5.41) is 22.3. The van der Waals surface area contributed by atoms with Crippen molar-refractivity contribution in [1.82, 2.24) is 0 Å². The van der Waals surface area contributed by atoms with Crippen LogP contribution in [0, 0.1) is 16.2 Å². The van der Waals surface area contributed by atoms with E-state index in [9.17, 15) is 19.8 Å². The first kappa shape index (κ1) is 32.0. The molecule has 2 rings (SSSR count). The van der Waals surface area contributed by atoms with E-state index >= 15 is 0 Å². The average Bonchev–Trinajstić information content (AvgIpc) is 2.86. The van der Waals surface area contributed by atoms with E-state index in [1.54, 1.807) is 60.8 Å². The molecular weight excluding hydrogens is 492 g/mol. The lowest BCUT2D eigenvalue weighted by Crippen LogP contribution is -2.54. The van der Waals surface area contributed by atoms with Gasteiger partial charge in [-0.25, -0.2) is 0 Å². The molecule has 9 nitrogen and oxygen atoms in total. The van der Waals surface area contributed by atoms with Crippen LogP contribution in [0.15, 0.2) is 24.3 Å². The predicted molar refractivity (Wildman–Crippen MR) is 141 cm³/mol. The summed E-state index contributed by atoms with van der Waals surface area (Å²) in [5.74, 6) is -0.310. The fourth-order valence-electron chi connectivity index (χ4n) is 4.43. The standard InChI is InChI=1S/C29H46O9/c1-10-35-25(32)27(3,4)20(30)16-22-29(7,8)23(17-21(31)28(5,6)26(33)36-11-2)38-24(37-22)18-12-14-19(34-9)15-13-18/h12-15,20-24,30-31H,10-11,16-17H2,1-9H3/t20-,21+,22-,23+,24?. The summed E-state index contributed by atoms with van der Waals surface area (Å²) in [7, 11) is 1.58. The Morgan fingerprint density at radius 1 is 0.868 bits per heavy atom. The van der Waals surface area contributed by atoms with E-state index in [2.05, 4.69) is 0 Å². The van der Waals surface area contributed by atoms with Crippen molar-refractivity contribution in [3.8, 4) is 5.75 Å². The molecule has 0 spiro atoms. The Balaban J connectivity index is 2.39. The van der Waals surface area contributed by atoms with Crippen molar-refractivity contribution >= 4 is 11.9 Å². The Bertz CT molecular complexity index is 872. The van der Waals surface area contributed by atoms with Crippen LogP contribution < -0.4 is 4.74 Å². The third-order valence-electron chi connectivity index (χ3n) is 7.77. The molecule has 0 aliphatic carbocycles. The molecule has 5 atom stereocenters. The fraction of sp³-hybridized carbons (Fsp3) is 0.724. The third-order valence-corrected chi connectivity index (χ3v) is 7.77. The van der Waals surface area contributed by atoms with Gasteiger partial charge in [0, 0.05) is 23.8 Å². The quantitative estimate of drug-likeness (QED) is 0.378. The number of esters is 2. The van der Waals surface area contributed by atoms with Gasteiger partial charge in [-0.2, -0.15) is 0 Å². The zero-order valence-electron chi connectivity index (χ0n) is 24.3. The van der Waals surface area contributed by atoms with Crippen molar-refractivity contribution in [3.63, 3.8) is 0 Å². The first-order chi connectivity index (χ1) is 17.6. The molecule has 0 saturated carbocycles. The second kappa shape index (κ2) is 12.8. The van der Waals surface area contributed by atoms with Crippen LogP contribution >= 0.6 is 0 Å². The monoisotopic (exact) mass is 538 g/mol. The summed E-state index contributed by atoms with van der Waals surface area (Å²) >= 11 is 0. The Hall–Kier alpha value is -2.20. The Morgan fingerprint density at radius 3 is 1.61 bits per heavy atom. The number of carbonyl (C=O) groups is 2. The maximum Gasteiger partial charge on any atom is 0.314 e. The van der Waals surface area contributed by atoms with Crippen LogP contribution in [0.1, 0.15) is 80.1 Å². The SMILES string of the molecule is CCOC(=O)C(C)(C)[C@H](O)C[C@H]1OC(c2ccc(OC)cc2)O[C@@H](C[C@H](O)C(C)(C)C(=O)OCC)C1(C)C. The van der Waals surface area contributed by atoms with Gasteiger partial charge in [0.25, 0.3) is 0 Å². The van der Waals surface area contributed by atoms with E-state index in [0.717, 1.165) is 5.56 Å². The second-order valence-corrected chi connectivity index (χ2v) is 11.6. The summed E-state index contributed by atoms with van der Waals surface area (Å²) in [4.78, 5) is 25.1. The van der Waals surface area contributed by atoms with Gasteiger partial charge in [-0.3, -0.25) is 9.59 Å². The largest absolute Gasteiger partial charge is 0.497 e. The zero-order chi connectivity index (χ0) is 28.9. The number of aliphatic hydroxyl groups is 2. The third kappa shape index (κ3) is 7.05. The highest BCUT2D eigenvalue weighted by Crippen LogP contribution is 2.47. The normalized spacial score (nSPS) is 23.3. The lowest BCUT2D eigenvalue weighted by molar-refractivity contribution is -0.309. The molecule has 1 unspecified atom stereocenters. The van der Waals surface area contributed by atoms with Crippen molar-refractivity contribution in [2.45, 2.75) is 98.9 Å². The predicted octanol–water partition coefficient (Wildman–Crippen LogP) is 4.18. The van der Waals surface area contributed by atoms with Gasteiger partial charge in [0.2, 0.25) is 0 Å². The highest BCUT2D eigenvalue weighted by atomic mass is 16.7. The summed E-state index contributed by atoms with van der Waals surface area (Å²) < 4.78 is 28.4. The minimum absolute atomic E-state index is 0.128. The molecule has 1 aromatic carbocycles. The van der Waals surface area contributed by atoms with Crippen LogP contribution in [0.25, 0.3) is 0 Å². The van der Waals surface area contributed by atoms with Gasteiger partial charge < -0.3 is 33.9 Å². The van der Waals surface area contributed by atoms with Gasteiger partial charge in [-0.1, -0.05) is 26.0 Å². The number of carbonyl (C=O) groups excluding carboxylic acids is 2. The molecule has 2 N–H and O–H groups in total. The number of hydrogen-bond acceptors (Lipinski definition) is 9. The van der Waals surface area contributed by atoms with Gasteiger partial charge >= 0.3 is 11.9 Å². The molecular formula is C29H46O9. The van der Waals surface area contributed by atoms with E-state index in [1.165, 1.54) is 0 Å². The van der Waals surface area contributed by atoms with Crippen LogP contribution in [0.4, 0.5) is 0 Å². The van der Waals surface area contributed by atoms with Crippen molar-refractivity contribution in [1.29, 1.82) is 0 Å². The number of rotatable bonds is 12. The summed E-state index contributed by atoms with van der Waals surface area (Å²) in [5.41, 5.74) is -2.30. The molecule has 9 heteroatoms. The minimum atomic E-state index is -1.16. The molecule has 1 heterocycles. The van der Waals surface area contributed by atoms with E-state index in [-0.39, 0.29) is 26.1 Å². The summed E-state index contributed by atoms with van der Waals surface area (Å²) in [6.07, 6.45) is -3.81. The molecule has 0 aromatic heterocycles. The maximum atomic E-state index is 12.6. The topological polar surface area (TPSA) is 121 Å². The smallest absolute Gasteiger partial charge is 0.314 e. The van der Waals surface area contributed by atoms with Crippen LogP contribution in [0.3, 0.4) is 0 Å². The van der Waals surface area contributed by atoms with Crippen LogP contribution in [-0.4, -0.2) is 66.9 Å². The Labute approximate surface area is 226 Å². The molecule has 216 valence electrons. The van der Waals surface area contributed by atoms with Gasteiger partial charge in [0.05, 0.1) is 55.6 Å². The van der Waals surface area contributed by atoms with E-state index in [0.29, 0.717) is 5.75 Å². The Morgan fingerprint density at radius 2 is 1.26 bits per heavy atom. The molecule has 0 radical (unpaired) electrons. The zero-order valence-corrected chi connectivity index (χ0v) is 24.3. The maximum absolute atomic E-state index is 12.6. The Kier molecular flexibility index (Phi) is 10.8. The van der Waals surface area contributed by atoms with E-state index in [4.69, 9.17) is 23.7 Å². The average molecular weight is 539 g/mol. The van der Waals surface area contributed by atoms with Crippen LogP contribution in [0.5, 0.6) is 5.75 Å². The van der Waals surface area contributed by atoms with Crippen molar-refractivity contribution in [2.24, 2.45) is 16.2 Å². The number of ether oxygens (including phenoxy) is 5. The molecule has 1 aliphatic rings. The molecule has 1 aromatic rings. The summed E-state index contributed by atoms with van der Waals surface area (Å²) in [6.45, 7) is 14.3. The first-order valence-electron chi connectivity index (χ1n) is 13.3.